The molecular formula is C25H24F2N4O2. The highest BCUT2D eigenvalue weighted by atomic mass is 19.2. The Bertz CT molecular complexity index is 1210. The topological polar surface area (TPSA) is 79.0 Å². The Morgan fingerprint density at radius 1 is 1.03 bits per heavy atom. The number of nitrogens with one attached hydrogen (secondary N) is 3. The Morgan fingerprint density at radius 3 is 2.52 bits per heavy atom. The minimum Gasteiger partial charge on any atom is -0.497 e. The molecule has 6 nitrogen and oxygen atoms in total. The molecule has 0 aliphatic carbocycles. The zero-order valence-corrected chi connectivity index (χ0v) is 18.1. The van der Waals surface area contributed by atoms with Crippen molar-refractivity contribution in [1.29, 1.82) is 0 Å². The second-order valence-electron chi connectivity index (χ2n) is 7.64. The lowest BCUT2D eigenvalue weighted by molar-refractivity contribution is 0.236. The molecule has 4 rings (SSSR count). The fourth-order valence-electron chi connectivity index (χ4n) is 3.58. The second kappa shape index (κ2) is 10.1. The first-order valence-electron chi connectivity index (χ1n) is 10.6. The number of halogens is 2. The molecule has 0 saturated carbocycles. The van der Waals surface area contributed by atoms with Gasteiger partial charge in [0.1, 0.15) is 11.6 Å². The maximum atomic E-state index is 13.4. The number of carbonyl (C=O) groups is 1. The van der Waals surface area contributed by atoms with Crippen molar-refractivity contribution in [2.24, 2.45) is 0 Å². The number of nitrogens with zero attached hydrogens (tertiary/aromatic N) is 1. The lowest BCUT2D eigenvalue weighted by atomic mass is 10.1. The molecule has 33 heavy (non-hydrogen) atoms. The van der Waals surface area contributed by atoms with Crippen LogP contribution >= 0.6 is 0 Å². The third kappa shape index (κ3) is 5.65. The van der Waals surface area contributed by atoms with Crippen molar-refractivity contribution in [2.75, 3.05) is 13.7 Å². The Labute approximate surface area is 190 Å². The lowest BCUT2D eigenvalue weighted by Crippen LogP contribution is -2.40. The summed E-state index contributed by atoms with van der Waals surface area (Å²) < 4.78 is 31.7. The van der Waals surface area contributed by atoms with Gasteiger partial charge in [-0.1, -0.05) is 30.3 Å². The van der Waals surface area contributed by atoms with E-state index in [4.69, 9.17) is 4.74 Å². The molecule has 170 valence electrons. The normalized spacial score (nSPS) is 11.8. The van der Waals surface area contributed by atoms with Crippen LogP contribution in [0, 0.1) is 11.6 Å². The number of urea groups is 1. The number of para-hydroxylation sites is 2. The van der Waals surface area contributed by atoms with Crippen LogP contribution in [0.3, 0.4) is 0 Å². The predicted octanol–water partition coefficient (Wildman–Crippen LogP) is 4.68. The van der Waals surface area contributed by atoms with Crippen molar-refractivity contribution in [3.63, 3.8) is 0 Å². The molecule has 0 fully saturated rings. The summed E-state index contributed by atoms with van der Waals surface area (Å²) in [6, 6.07) is 18.2. The highest BCUT2D eigenvalue weighted by molar-refractivity contribution is 5.76. The molecule has 3 N–H and O–H groups in total. The summed E-state index contributed by atoms with van der Waals surface area (Å²) in [7, 11) is 1.61. The summed E-state index contributed by atoms with van der Waals surface area (Å²) in [5, 5.41) is 5.74. The quantitative estimate of drug-likeness (QED) is 0.365. The van der Waals surface area contributed by atoms with Gasteiger partial charge < -0.3 is 20.4 Å². The van der Waals surface area contributed by atoms with Gasteiger partial charge in [-0.05, 0) is 60.4 Å². The monoisotopic (exact) mass is 450 g/mol. The van der Waals surface area contributed by atoms with Crippen LogP contribution in [0.1, 0.15) is 23.0 Å². The number of imidazole rings is 1. The van der Waals surface area contributed by atoms with Gasteiger partial charge in [0.25, 0.3) is 0 Å². The zero-order valence-electron chi connectivity index (χ0n) is 18.1. The van der Waals surface area contributed by atoms with Crippen molar-refractivity contribution in [2.45, 2.75) is 18.9 Å². The first kappa shape index (κ1) is 22.3. The summed E-state index contributed by atoms with van der Waals surface area (Å²) in [5.41, 5.74) is 3.30. The van der Waals surface area contributed by atoms with E-state index in [9.17, 15) is 13.6 Å². The van der Waals surface area contributed by atoms with E-state index in [1.165, 1.54) is 6.07 Å². The first-order chi connectivity index (χ1) is 16.0. The fourth-order valence-corrected chi connectivity index (χ4v) is 3.58. The Kier molecular flexibility index (Phi) is 6.83. The second-order valence-corrected chi connectivity index (χ2v) is 7.64. The summed E-state index contributed by atoms with van der Waals surface area (Å²) in [6.45, 7) is 0.270. The van der Waals surface area contributed by atoms with Crippen molar-refractivity contribution in [3.05, 3.63) is 95.3 Å². The molecule has 0 saturated heterocycles. The smallest absolute Gasteiger partial charge is 0.315 e. The van der Waals surface area contributed by atoms with Gasteiger partial charge in [-0.3, -0.25) is 0 Å². The van der Waals surface area contributed by atoms with E-state index < -0.39 is 17.7 Å². The summed E-state index contributed by atoms with van der Waals surface area (Å²) in [6.07, 6.45) is 0.888. The van der Waals surface area contributed by atoms with Crippen LogP contribution in [0.25, 0.3) is 11.0 Å². The molecule has 1 heterocycles. The molecule has 2 amide bonds. The van der Waals surface area contributed by atoms with Crippen LogP contribution in [0.15, 0.2) is 66.7 Å². The van der Waals surface area contributed by atoms with E-state index in [-0.39, 0.29) is 12.6 Å². The summed E-state index contributed by atoms with van der Waals surface area (Å²) in [5.74, 6) is -0.400. The highest BCUT2D eigenvalue weighted by Crippen LogP contribution is 2.21. The minimum absolute atomic E-state index is 0.270. The number of methoxy groups -OCH3 is 1. The van der Waals surface area contributed by atoms with Gasteiger partial charge in [-0.15, -0.1) is 0 Å². The maximum Gasteiger partial charge on any atom is 0.315 e. The number of aromatic amines is 1. The summed E-state index contributed by atoms with van der Waals surface area (Å²) >= 11 is 0. The van der Waals surface area contributed by atoms with Crippen LogP contribution in [-0.2, 0) is 12.8 Å². The number of aromatic nitrogens is 2. The molecule has 0 aliphatic heterocycles. The van der Waals surface area contributed by atoms with Gasteiger partial charge in [0, 0.05) is 6.54 Å². The maximum absolute atomic E-state index is 13.4. The van der Waals surface area contributed by atoms with E-state index in [1.807, 2.05) is 48.5 Å². The summed E-state index contributed by atoms with van der Waals surface area (Å²) in [4.78, 5) is 20.5. The number of ether oxygens (including phenoxy) is 1. The van der Waals surface area contributed by atoms with E-state index in [1.54, 1.807) is 7.11 Å². The number of benzene rings is 3. The van der Waals surface area contributed by atoms with Crippen molar-refractivity contribution >= 4 is 17.1 Å². The number of fused-ring (bicyclic) bond motifs is 1. The molecule has 8 heteroatoms. The number of rotatable bonds is 8. The molecule has 0 spiro atoms. The molecule has 1 atom stereocenters. The minimum atomic E-state index is -0.901. The van der Waals surface area contributed by atoms with Gasteiger partial charge in [-0.2, -0.15) is 0 Å². The van der Waals surface area contributed by atoms with Crippen LogP contribution in [0.5, 0.6) is 5.75 Å². The number of hydrogen-bond acceptors (Lipinski definition) is 3. The predicted molar refractivity (Wildman–Crippen MR) is 122 cm³/mol. The van der Waals surface area contributed by atoms with Crippen molar-refractivity contribution in [3.8, 4) is 5.75 Å². The first-order valence-corrected chi connectivity index (χ1v) is 10.6. The fraction of sp³-hybridized carbons (Fsp3) is 0.200. The molecule has 0 unspecified atom stereocenters. The Balaban J connectivity index is 1.44. The van der Waals surface area contributed by atoms with E-state index in [2.05, 4.69) is 20.6 Å². The van der Waals surface area contributed by atoms with Gasteiger partial charge in [0.15, 0.2) is 11.6 Å². The molecule has 0 aliphatic rings. The largest absolute Gasteiger partial charge is 0.497 e. The Hall–Kier alpha value is -3.94. The Morgan fingerprint density at radius 2 is 1.79 bits per heavy atom. The third-order valence-electron chi connectivity index (χ3n) is 5.33. The number of hydrogen-bond donors (Lipinski definition) is 3. The lowest BCUT2D eigenvalue weighted by Gasteiger charge is -2.18. The van der Waals surface area contributed by atoms with Gasteiger partial charge >= 0.3 is 6.03 Å². The standard InChI is InChI=1S/C25H24F2N4O2/c1-33-18-9-6-16(7-10-18)15-23(24-29-21-4-2-3-5-22(21)30-24)31-25(32)28-13-12-17-8-11-19(26)20(27)14-17/h2-11,14,23H,12-13,15H2,1H3,(H,29,30)(H2,28,31,32)/t23-/m1/s1. The van der Waals surface area contributed by atoms with Gasteiger partial charge in [-0.25, -0.2) is 18.6 Å². The van der Waals surface area contributed by atoms with Gasteiger partial charge in [0.2, 0.25) is 0 Å². The molecular weight excluding hydrogens is 426 g/mol. The number of carbonyl (C=O) groups excluding carboxylic acids is 1. The third-order valence-corrected chi connectivity index (χ3v) is 5.33. The van der Waals surface area contributed by atoms with Crippen molar-refractivity contribution < 1.29 is 18.3 Å². The molecule has 4 aromatic rings. The van der Waals surface area contributed by atoms with E-state index in [0.717, 1.165) is 34.5 Å². The van der Waals surface area contributed by atoms with Crippen molar-refractivity contribution in [1.82, 2.24) is 20.6 Å². The molecule has 1 aromatic heterocycles. The van der Waals surface area contributed by atoms with Gasteiger partial charge in [0.05, 0.1) is 24.2 Å². The van der Waals surface area contributed by atoms with Crippen LogP contribution in [0.4, 0.5) is 13.6 Å². The average Bonchev–Trinajstić information content (AvgIpc) is 3.26. The molecule has 3 aromatic carbocycles. The van der Waals surface area contributed by atoms with Crippen LogP contribution in [-0.4, -0.2) is 29.7 Å². The van der Waals surface area contributed by atoms with Crippen LogP contribution < -0.4 is 15.4 Å². The SMILES string of the molecule is COc1ccc(C[C@@H](NC(=O)NCCc2ccc(F)c(F)c2)c2nc3ccccc3[nH]2)cc1. The molecule has 0 bridgehead atoms. The molecule has 0 radical (unpaired) electrons. The van der Waals surface area contributed by atoms with E-state index >= 15 is 0 Å². The average molecular weight is 450 g/mol. The zero-order chi connectivity index (χ0) is 23.2. The van der Waals surface area contributed by atoms with Crippen LogP contribution in [0.2, 0.25) is 0 Å². The highest BCUT2D eigenvalue weighted by Gasteiger charge is 2.19. The number of amides is 2. The number of H-pyrrole nitrogens is 1. The van der Waals surface area contributed by atoms with E-state index in [0.29, 0.717) is 24.2 Å².